The predicted molar refractivity (Wildman–Crippen MR) is 122 cm³/mol. The Labute approximate surface area is 189 Å². The molecule has 0 saturated carbocycles. The molecule has 4 rings (SSSR count). The van der Waals surface area contributed by atoms with Crippen LogP contribution in [0.2, 0.25) is 0 Å². The number of nitrogens with zero attached hydrogens (tertiary/aromatic N) is 1. The lowest BCUT2D eigenvalue weighted by molar-refractivity contribution is -0.146. The lowest BCUT2D eigenvalue weighted by Crippen LogP contribution is -2.47. The molecule has 2 atom stereocenters. The molecular formula is C26H31NO5. The van der Waals surface area contributed by atoms with Crippen molar-refractivity contribution in [1.29, 1.82) is 0 Å². The second-order valence-electron chi connectivity index (χ2n) is 9.57. The third-order valence-electron chi connectivity index (χ3n) is 6.18. The van der Waals surface area contributed by atoms with E-state index in [-0.39, 0.29) is 25.0 Å². The lowest BCUT2D eigenvalue weighted by atomic mass is 9.98. The Morgan fingerprint density at radius 3 is 2.22 bits per heavy atom. The van der Waals surface area contributed by atoms with Gasteiger partial charge in [0.1, 0.15) is 6.61 Å². The Morgan fingerprint density at radius 2 is 1.66 bits per heavy atom. The Morgan fingerprint density at radius 1 is 1.06 bits per heavy atom. The normalized spacial score (nSPS) is 18.8. The van der Waals surface area contributed by atoms with Crippen LogP contribution >= 0.6 is 0 Å². The van der Waals surface area contributed by atoms with E-state index >= 15 is 0 Å². The van der Waals surface area contributed by atoms with E-state index in [0.717, 1.165) is 6.42 Å². The van der Waals surface area contributed by atoms with Gasteiger partial charge in [-0.3, -0.25) is 4.79 Å². The van der Waals surface area contributed by atoms with Crippen molar-refractivity contribution in [3.05, 3.63) is 59.7 Å². The molecule has 6 heteroatoms. The van der Waals surface area contributed by atoms with Crippen LogP contribution in [0.3, 0.4) is 0 Å². The third-order valence-corrected chi connectivity index (χ3v) is 6.18. The largest absolute Gasteiger partial charge is 0.481 e. The number of carbonyl (C=O) groups excluding carboxylic acids is 1. The SMILES string of the molecule is CC(C)(C)O[C@H](CC(=O)O)[C@@H]1CCCN1C(=O)OCC1c2ccccc2-c2ccccc21. The van der Waals surface area contributed by atoms with Crippen molar-refractivity contribution in [1.82, 2.24) is 4.90 Å². The summed E-state index contributed by atoms with van der Waals surface area (Å²) in [7, 11) is 0. The van der Waals surface area contributed by atoms with Crippen LogP contribution in [0.25, 0.3) is 11.1 Å². The first-order valence-corrected chi connectivity index (χ1v) is 11.3. The minimum atomic E-state index is -0.932. The standard InChI is InChI=1S/C26H31NO5/c1-26(2,3)32-23(15-24(28)29)22-13-8-14-27(22)25(30)31-16-21-19-11-6-4-9-17(19)18-10-5-7-12-20(18)21/h4-7,9-12,21-23H,8,13-16H2,1-3H3,(H,28,29)/t22-,23+/m0/s1. The summed E-state index contributed by atoms with van der Waals surface area (Å²) in [6.07, 6.45) is 0.393. The molecule has 1 N–H and O–H groups in total. The van der Waals surface area contributed by atoms with Crippen LogP contribution in [-0.4, -0.2) is 53.0 Å². The highest BCUT2D eigenvalue weighted by Crippen LogP contribution is 2.44. The van der Waals surface area contributed by atoms with Gasteiger partial charge >= 0.3 is 12.1 Å². The van der Waals surface area contributed by atoms with Gasteiger partial charge in [0.05, 0.1) is 24.2 Å². The highest BCUT2D eigenvalue weighted by Gasteiger charge is 2.39. The van der Waals surface area contributed by atoms with Crippen LogP contribution in [0, 0.1) is 0 Å². The van der Waals surface area contributed by atoms with Gasteiger partial charge in [0.2, 0.25) is 0 Å². The molecule has 1 heterocycles. The van der Waals surface area contributed by atoms with Crippen molar-refractivity contribution in [3.8, 4) is 11.1 Å². The summed E-state index contributed by atoms with van der Waals surface area (Å²) in [5.41, 5.74) is 4.19. The fourth-order valence-corrected chi connectivity index (χ4v) is 4.97. The average Bonchev–Trinajstić information content (AvgIpc) is 3.34. The van der Waals surface area contributed by atoms with Crippen LogP contribution in [0.1, 0.15) is 57.1 Å². The maximum absolute atomic E-state index is 13.1. The molecule has 2 aliphatic rings. The number of carboxylic acid groups (broad SMARTS) is 1. The predicted octanol–water partition coefficient (Wildman–Crippen LogP) is 5.06. The number of benzene rings is 2. The number of hydrogen-bond donors (Lipinski definition) is 1. The Balaban J connectivity index is 1.48. The van der Waals surface area contributed by atoms with Crippen molar-refractivity contribution in [3.63, 3.8) is 0 Å². The fourth-order valence-electron chi connectivity index (χ4n) is 4.97. The Bertz CT molecular complexity index is 950. The fraction of sp³-hybridized carbons (Fsp3) is 0.462. The van der Waals surface area contributed by atoms with Gasteiger partial charge in [-0.2, -0.15) is 0 Å². The Kier molecular flexibility index (Phi) is 6.24. The summed E-state index contributed by atoms with van der Waals surface area (Å²) in [5, 5.41) is 9.38. The zero-order valence-corrected chi connectivity index (χ0v) is 18.9. The van der Waals surface area contributed by atoms with E-state index in [1.807, 2.05) is 45.0 Å². The molecule has 2 aromatic carbocycles. The van der Waals surface area contributed by atoms with Crippen LogP contribution in [0.15, 0.2) is 48.5 Å². The molecular weight excluding hydrogens is 406 g/mol. The monoisotopic (exact) mass is 437 g/mol. The maximum atomic E-state index is 13.1. The van der Waals surface area contributed by atoms with E-state index in [4.69, 9.17) is 9.47 Å². The summed E-state index contributed by atoms with van der Waals surface area (Å²) in [4.78, 5) is 26.2. The Hall–Kier alpha value is -2.86. The highest BCUT2D eigenvalue weighted by molar-refractivity contribution is 5.79. The van der Waals surface area contributed by atoms with Crippen LogP contribution in [-0.2, 0) is 14.3 Å². The number of likely N-dealkylation sites (tertiary alicyclic amines) is 1. The minimum Gasteiger partial charge on any atom is -0.481 e. The highest BCUT2D eigenvalue weighted by atomic mass is 16.6. The van der Waals surface area contributed by atoms with E-state index in [0.29, 0.717) is 13.0 Å². The first-order valence-electron chi connectivity index (χ1n) is 11.3. The number of amides is 1. The molecule has 1 saturated heterocycles. The summed E-state index contributed by atoms with van der Waals surface area (Å²) < 4.78 is 11.9. The van der Waals surface area contributed by atoms with E-state index in [2.05, 4.69) is 24.3 Å². The maximum Gasteiger partial charge on any atom is 0.410 e. The van der Waals surface area contributed by atoms with E-state index in [1.54, 1.807) is 4.90 Å². The van der Waals surface area contributed by atoms with Gasteiger partial charge in [-0.05, 0) is 55.9 Å². The molecule has 170 valence electrons. The molecule has 0 aromatic heterocycles. The molecule has 2 aromatic rings. The molecule has 0 spiro atoms. The van der Waals surface area contributed by atoms with Crippen molar-refractivity contribution in [2.24, 2.45) is 0 Å². The topological polar surface area (TPSA) is 76.1 Å². The molecule has 0 bridgehead atoms. The second-order valence-corrected chi connectivity index (χ2v) is 9.57. The number of rotatable bonds is 6. The molecule has 1 fully saturated rings. The quantitative estimate of drug-likeness (QED) is 0.684. The van der Waals surface area contributed by atoms with E-state index in [1.165, 1.54) is 22.3 Å². The van der Waals surface area contributed by atoms with Crippen LogP contribution in [0.4, 0.5) is 4.79 Å². The molecule has 1 aliphatic carbocycles. The number of fused-ring (bicyclic) bond motifs is 3. The number of ether oxygens (including phenoxy) is 2. The molecule has 6 nitrogen and oxygen atoms in total. The van der Waals surface area contributed by atoms with Crippen LogP contribution in [0.5, 0.6) is 0 Å². The van der Waals surface area contributed by atoms with Gasteiger partial charge in [-0.1, -0.05) is 48.5 Å². The first kappa shape index (κ1) is 22.3. The zero-order valence-electron chi connectivity index (χ0n) is 18.9. The average molecular weight is 438 g/mol. The van der Waals surface area contributed by atoms with Crippen molar-refractivity contribution < 1.29 is 24.2 Å². The van der Waals surface area contributed by atoms with Crippen molar-refractivity contribution in [2.75, 3.05) is 13.2 Å². The molecule has 1 aliphatic heterocycles. The molecule has 32 heavy (non-hydrogen) atoms. The van der Waals surface area contributed by atoms with Gasteiger partial charge in [-0.15, -0.1) is 0 Å². The number of hydrogen-bond acceptors (Lipinski definition) is 4. The number of carbonyl (C=O) groups is 2. The summed E-state index contributed by atoms with van der Waals surface area (Å²) >= 11 is 0. The van der Waals surface area contributed by atoms with Crippen molar-refractivity contribution >= 4 is 12.1 Å². The number of aliphatic carboxylic acids is 1. The number of carboxylic acids is 1. The van der Waals surface area contributed by atoms with Gasteiger partial charge in [-0.25, -0.2) is 4.79 Å². The van der Waals surface area contributed by atoms with E-state index in [9.17, 15) is 14.7 Å². The smallest absolute Gasteiger partial charge is 0.410 e. The van der Waals surface area contributed by atoms with Crippen molar-refractivity contribution in [2.45, 2.75) is 63.7 Å². The van der Waals surface area contributed by atoms with E-state index < -0.39 is 23.8 Å². The van der Waals surface area contributed by atoms with Gasteiger partial charge in [0.15, 0.2) is 0 Å². The second kappa shape index (κ2) is 8.94. The minimum absolute atomic E-state index is 0.00644. The summed E-state index contributed by atoms with van der Waals surface area (Å²) in [5.74, 6) is -0.938. The van der Waals surface area contributed by atoms with Gasteiger partial charge < -0.3 is 19.5 Å². The zero-order chi connectivity index (χ0) is 22.9. The third kappa shape index (κ3) is 4.65. The summed E-state index contributed by atoms with van der Waals surface area (Å²) in [6, 6.07) is 16.2. The van der Waals surface area contributed by atoms with Crippen LogP contribution < -0.4 is 0 Å². The molecule has 1 amide bonds. The molecule has 0 unspecified atom stereocenters. The lowest BCUT2D eigenvalue weighted by Gasteiger charge is -2.35. The summed E-state index contributed by atoms with van der Waals surface area (Å²) in [6.45, 7) is 6.49. The van der Waals surface area contributed by atoms with Gasteiger partial charge in [0.25, 0.3) is 0 Å². The van der Waals surface area contributed by atoms with Gasteiger partial charge in [0, 0.05) is 12.5 Å². The molecule has 0 radical (unpaired) electrons. The first-order chi connectivity index (χ1) is 15.2.